The summed E-state index contributed by atoms with van der Waals surface area (Å²) in [6, 6.07) is 12.0. The lowest BCUT2D eigenvalue weighted by Crippen LogP contribution is -2.34. The maximum atomic E-state index is 12.3. The number of hydrogen-bond acceptors (Lipinski definition) is 3. The maximum absolute atomic E-state index is 12.3. The number of para-hydroxylation sites is 2. The van der Waals surface area contributed by atoms with Gasteiger partial charge in [-0.15, -0.1) is 0 Å². The summed E-state index contributed by atoms with van der Waals surface area (Å²) >= 11 is 17.0. The molecule has 0 aliphatic rings. The molecule has 0 bridgehead atoms. The van der Waals surface area contributed by atoms with Crippen molar-refractivity contribution in [2.75, 3.05) is 11.9 Å². The first-order chi connectivity index (χ1) is 12.0. The molecular formula is C18H18Cl2N2O2S. The van der Waals surface area contributed by atoms with E-state index in [1.807, 2.05) is 24.3 Å². The smallest absolute Gasteiger partial charge is 0.257 e. The van der Waals surface area contributed by atoms with Crippen LogP contribution in [-0.2, 0) is 0 Å². The third-order valence-electron chi connectivity index (χ3n) is 3.24. The molecule has 2 aromatic rings. The summed E-state index contributed by atoms with van der Waals surface area (Å²) in [6.07, 6.45) is 2.01. The number of carbonyl (C=O) groups excluding carboxylic acids is 1. The van der Waals surface area contributed by atoms with E-state index in [4.69, 9.17) is 40.2 Å². The van der Waals surface area contributed by atoms with E-state index in [1.54, 1.807) is 6.07 Å². The Labute approximate surface area is 162 Å². The molecule has 132 valence electrons. The van der Waals surface area contributed by atoms with Crippen molar-refractivity contribution in [1.82, 2.24) is 5.32 Å². The van der Waals surface area contributed by atoms with E-state index in [0.717, 1.165) is 12.8 Å². The lowest BCUT2D eigenvalue weighted by Gasteiger charge is -2.14. The fourth-order valence-corrected chi connectivity index (χ4v) is 2.76. The molecule has 0 unspecified atom stereocenters. The van der Waals surface area contributed by atoms with Crippen LogP contribution in [0, 0.1) is 0 Å². The summed E-state index contributed by atoms with van der Waals surface area (Å²) in [7, 11) is 0. The lowest BCUT2D eigenvalue weighted by atomic mass is 10.2. The minimum absolute atomic E-state index is 0.160. The molecule has 0 heterocycles. The highest BCUT2D eigenvalue weighted by Crippen LogP contribution is 2.24. The third-order valence-corrected chi connectivity index (χ3v) is 3.88. The number of thiocarbonyl (C=S) groups is 1. The average Bonchev–Trinajstić information content (AvgIpc) is 2.55. The van der Waals surface area contributed by atoms with Gasteiger partial charge >= 0.3 is 0 Å². The Morgan fingerprint density at radius 3 is 2.52 bits per heavy atom. The molecule has 2 aromatic carbocycles. The minimum atomic E-state index is -0.397. The van der Waals surface area contributed by atoms with Gasteiger partial charge in [0.25, 0.3) is 5.91 Å². The van der Waals surface area contributed by atoms with Crippen LogP contribution < -0.4 is 15.4 Å². The number of rotatable bonds is 6. The number of ether oxygens (including phenoxy) is 1. The maximum Gasteiger partial charge on any atom is 0.257 e. The van der Waals surface area contributed by atoms with Crippen LogP contribution in [0.4, 0.5) is 5.69 Å². The van der Waals surface area contributed by atoms with Crippen molar-refractivity contribution in [2.24, 2.45) is 0 Å². The van der Waals surface area contributed by atoms with Crippen LogP contribution in [0.3, 0.4) is 0 Å². The first-order valence-electron chi connectivity index (χ1n) is 7.80. The highest BCUT2D eigenvalue weighted by molar-refractivity contribution is 7.80. The lowest BCUT2D eigenvalue weighted by molar-refractivity contribution is 0.0977. The summed E-state index contributed by atoms with van der Waals surface area (Å²) in [5, 5.41) is 6.50. The molecular weight excluding hydrogens is 379 g/mol. The van der Waals surface area contributed by atoms with E-state index in [0.29, 0.717) is 33.7 Å². The van der Waals surface area contributed by atoms with Gasteiger partial charge in [-0.05, 0) is 49.0 Å². The van der Waals surface area contributed by atoms with Crippen molar-refractivity contribution in [3.8, 4) is 5.75 Å². The molecule has 0 spiro atoms. The molecule has 7 heteroatoms. The van der Waals surface area contributed by atoms with Gasteiger partial charge in [-0.1, -0.05) is 48.7 Å². The van der Waals surface area contributed by atoms with E-state index >= 15 is 0 Å². The average molecular weight is 397 g/mol. The zero-order valence-corrected chi connectivity index (χ0v) is 16.0. The normalized spacial score (nSPS) is 10.2. The van der Waals surface area contributed by atoms with Crippen LogP contribution in [-0.4, -0.2) is 17.6 Å². The van der Waals surface area contributed by atoms with Crippen LogP contribution in [0.1, 0.15) is 30.1 Å². The van der Waals surface area contributed by atoms with Crippen LogP contribution >= 0.6 is 35.4 Å². The number of anilines is 1. The first kappa shape index (κ1) is 19.5. The number of benzene rings is 2. The molecule has 4 nitrogen and oxygen atoms in total. The number of halogens is 2. The number of nitrogens with one attached hydrogen (secondary N) is 2. The quantitative estimate of drug-likeness (QED) is 0.513. The number of hydrogen-bond donors (Lipinski definition) is 2. The Morgan fingerprint density at radius 2 is 1.84 bits per heavy atom. The molecule has 0 radical (unpaired) electrons. The summed E-state index contributed by atoms with van der Waals surface area (Å²) in [5.74, 6) is 0.282. The number of unbranched alkanes of at least 4 members (excludes halogenated alkanes) is 1. The van der Waals surface area contributed by atoms with Gasteiger partial charge in [-0.2, -0.15) is 0 Å². The van der Waals surface area contributed by atoms with Crippen molar-refractivity contribution < 1.29 is 9.53 Å². The molecule has 0 fully saturated rings. The van der Waals surface area contributed by atoms with E-state index in [2.05, 4.69) is 17.6 Å². The molecule has 1 amide bonds. The molecule has 25 heavy (non-hydrogen) atoms. The predicted octanol–water partition coefficient (Wildman–Crippen LogP) is 5.30. The molecule has 2 rings (SSSR count). The SMILES string of the molecule is CCCCOc1ccccc1NC(=S)NC(=O)c1cc(Cl)cc(Cl)c1. The first-order valence-corrected chi connectivity index (χ1v) is 8.96. The molecule has 0 saturated carbocycles. The predicted molar refractivity (Wildman–Crippen MR) is 107 cm³/mol. The molecule has 0 aliphatic carbocycles. The Balaban J connectivity index is 2.01. The van der Waals surface area contributed by atoms with Gasteiger partial charge in [-0.3, -0.25) is 10.1 Å². The van der Waals surface area contributed by atoms with Crippen molar-refractivity contribution >= 4 is 52.1 Å². The van der Waals surface area contributed by atoms with Crippen LogP contribution in [0.5, 0.6) is 5.75 Å². The van der Waals surface area contributed by atoms with E-state index in [-0.39, 0.29) is 5.11 Å². The molecule has 2 N–H and O–H groups in total. The van der Waals surface area contributed by atoms with E-state index < -0.39 is 5.91 Å². The highest BCUT2D eigenvalue weighted by atomic mass is 35.5. The van der Waals surface area contributed by atoms with Gasteiger partial charge < -0.3 is 10.1 Å². The van der Waals surface area contributed by atoms with Gasteiger partial charge in [0.1, 0.15) is 5.75 Å². The Bertz CT molecular complexity index is 748. The van der Waals surface area contributed by atoms with Crippen LogP contribution in [0.25, 0.3) is 0 Å². The highest BCUT2D eigenvalue weighted by Gasteiger charge is 2.11. The zero-order chi connectivity index (χ0) is 18.2. The Kier molecular flexibility index (Phi) is 7.50. The third kappa shape index (κ3) is 6.20. The Hall–Kier alpha value is -1.82. The van der Waals surface area contributed by atoms with Crippen molar-refractivity contribution in [2.45, 2.75) is 19.8 Å². The monoisotopic (exact) mass is 396 g/mol. The van der Waals surface area contributed by atoms with Gasteiger partial charge in [-0.25, -0.2) is 0 Å². The van der Waals surface area contributed by atoms with Gasteiger partial charge in [0, 0.05) is 15.6 Å². The summed E-state index contributed by atoms with van der Waals surface area (Å²) < 4.78 is 5.73. The number of amides is 1. The summed E-state index contributed by atoms with van der Waals surface area (Å²) in [5.41, 5.74) is 1.02. The second-order valence-electron chi connectivity index (χ2n) is 5.26. The van der Waals surface area contributed by atoms with Gasteiger partial charge in [0.05, 0.1) is 12.3 Å². The molecule has 0 atom stereocenters. The summed E-state index contributed by atoms with van der Waals surface area (Å²) in [6.45, 7) is 2.72. The molecule has 0 saturated heterocycles. The van der Waals surface area contributed by atoms with Crippen molar-refractivity contribution in [3.05, 3.63) is 58.1 Å². The second kappa shape index (κ2) is 9.61. The Morgan fingerprint density at radius 1 is 1.16 bits per heavy atom. The minimum Gasteiger partial charge on any atom is -0.491 e. The van der Waals surface area contributed by atoms with Crippen molar-refractivity contribution in [3.63, 3.8) is 0 Å². The van der Waals surface area contributed by atoms with Crippen molar-refractivity contribution in [1.29, 1.82) is 0 Å². The zero-order valence-electron chi connectivity index (χ0n) is 13.6. The second-order valence-corrected chi connectivity index (χ2v) is 6.55. The standard InChI is InChI=1S/C18H18Cl2N2O2S/c1-2-3-8-24-16-7-5-4-6-15(16)21-18(25)22-17(23)12-9-13(19)11-14(20)10-12/h4-7,9-11H,2-3,8H2,1H3,(H2,21,22,23,25). The van der Waals surface area contributed by atoms with Gasteiger partial charge in [0.15, 0.2) is 5.11 Å². The van der Waals surface area contributed by atoms with Gasteiger partial charge in [0.2, 0.25) is 0 Å². The number of carbonyl (C=O) groups is 1. The summed E-state index contributed by atoms with van der Waals surface area (Å²) in [4.78, 5) is 12.3. The molecule has 0 aromatic heterocycles. The fraction of sp³-hybridized carbons (Fsp3) is 0.222. The van der Waals surface area contributed by atoms with E-state index in [1.165, 1.54) is 12.1 Å². The topological polar surface area (TPSA) is 50.4 Å². The van der Waals surface area contributed by atoms with Crippen LogP contribution in [0.2, 0.25) is 10.0 Å². The molecule has 0 aliphatic heterocycles. The van der Waals surface area contributed by atoms with E-state index in [9.17, 15) is 4.79 Å². The van der Waals surface area contributed by atoms with Crippen LogP contribution in [0.15, 0.2) is 42.5 Å². The largest absolute Gasteiger partial charge is 0.491 e. The fourth-order valence-electron chi connectivity index (χ4n) is 2.04.